The van der Waals surface area contributed by atoms with Gasteiger partial charge in [-0.15, -0.1) is 11.3 Å². The summed E-state index contributed by atoms with van der Waals surface area (Å²) < 4.78 is 2.69. The van der Waals surface area contributed by atoms with Gasteiger partial charge in [-0.3, -0.25) is 9.97 Å². The fourth-order valence-electron chi connectivity index (χ4n) is 7.36. The molecule has 10 rings (SSSR count). The van der Waals surface area contributed by atoms with Crippen molar-refractivity contribution in [2.24, 2.45) is 0 Å². The first-order valence-electron chi connectivity index (χ1n) is 16.6. The second kappa shape index (κ2) is 11.2. The van der Waals surface area contributed by atoms with Gasteiger partial charge >= 0.3 is 0 Å². The van der Waals surface area contributed by atoms with E-state index in [0.29, 0.717) is 0 Å². The first-order chi connectivity index (χ1) is 24.3. The monoisotopic (exact) mass is 640 g/mol. The number of fused-ring (bicyclic) bond motifs is 9. The van der Waals surface area contributed by atoms with Crippen molar-refractivity contribution in [3.8, 4) is 44.5 Å². The Hall–Kier alpha value is -6.16. The quantitative estimate of drug-likeness (QED) is 0.179. The molecular formula is C46H28N2S. The molecule has 0 saturated heterocycles. The largest absolute Gasteiger partial charge is 0.252 e. The molecule has 0 aliphatic heterocycles. The van der Waals surface area contributed by atoms with Crippen LogP contribution in [0.2, 0.25) is 0 Å². The maximum Gasteiger partial charge on any atom is 0.0971 e. The molecule has 8 aromatic carbocycles. The Bertz CT molecular complexity index is 2830. The Morgan fingerprint density at radius 1 is 0.327 bits per heavy atom. The number of benzene rings is 8. The predicted molar refractivity (Wildman–Crippen MR) is 209 cm³/mol. The van der Waals surface area contributed by atoms with Crippen molar-refractivity contribution < 1.29 is 0 Å². The second-order valence-corrected chi connectivity index (χ2v) is 13.6. The van der Waals surface area contributed by atoms with Gasteiger partial charge in [-0.25, -0.2) is 0 Å². The zero-order valence-electron chi connectivity index (χ0n) is 26.5. The summed E-state index contributed by atoms with van der Waals surface area (Å²) in [6.07, 6.45) is 3.56. The lowest BCUT2D eigenvalue weighted by molar-refractivity contribution is 1.31. The van der Waals surface area contributed by atoms with E-state index in [1.807, 2.05) is 11.3 Å². The summed E-state index contributed by atoms with van der Waals surface area (Å²) >= 11 is 1.88. The van der Waals surface area contributed by atoms with Crippen LogP contribution < -0.4 is 0 Å². The molecule has 2 aromatic heterocycles. The van der Waals surface area contributed by atoms with Crippen molar-refractivity contribution in [3.05, 3.63) is 170 Å². The number of hydrogen-bond donors (Lipinski definition) is 0. The number of nitrogens with zero attached hydrogens (tertiary/aromatic N) is 2. The lowest BCUT2D eigenvalue weighted by Gasteiger charge is -2.12. The van der Waals surface area contributed by atoms with E-state index < -0.39 is 0 Å². The van der Waals surface area contributed by atoms with Crippen LogP contribution in [0.4, 0.5) is 0 Å². The van der Waals surface area contributed by atoms with Gasteiger partial charge in [0.25, 0.3) is 0 Å². The molecule has 0 aliphatic rings. The number of aromatic nitrogens is 2. The third-order valence-corrected chi connectivity index (χ3v) is 11.0. The van der Waals surface area contributed by atoms with Gasteiger partial charge in [0.05, 0.1) is 11.0 Å². The van der Waals surface area contributed by atoms with Crippen LogP contribution in [0.25, 0.3) is 97.3 Å². The Labute approximate surface area is 287 Å². The molecule has 3 heteroatoms. The molecule has 0 N–H and O–H groups in total. The first-order valence-corrected chi connectivity index (χ1v) is 17.4. The van der Waals surface area contributed by atoms with Crippen LogP contribution >= 0.6 is 11.3 Å². The van der Waals surface area contributed by atoms with E-state index >= 15 is 0 Å². The maximum absolute atomic E-state index is 4.72. The minimum absolute atomic E-state index is 0.944. The zero-order valence-corrected chi connectivity index (χ0v) is 27.3. The summed E-state index contributed by atoms with van der Waals surface area (Å²) in [6, 6.07) is 57.4. The van der Waals surface area contributed by atoms with E-state index in [9.17, 15) is 0 Å². The van der Waals surface area contributed by atoms with Crippen LogP contribution in [-0.4, -0.2) is 9.97 Å². The van der Waals surface area contributed by atoms with Gasteiger partial charge in [0, 0.05) is 43.3 Å². The summed E-state index contributed by atoms with van der Waals surface area (Å²) in [6.45, 7) is 0. The van der Waals surface area contributed by atoms with Crippen molar-refractivity contribution in [1.29, 1.82) is 0 Å². The number of thiophene rings is 1. The van der Waals surface area contributed by atoms with Crippen molar-refractivity contribution in [2.75, 3.05) is 0 Å². The van der Waals surface area contributed by atoms with Gasteiger partial charge in [0.1, 0.15) is 0 Å². The molecule has 49 heavy (non-hydrogen) atoms. The summed E-state index contributed by atoms with van der Waals surface area (Å²) in [5.74, 6) is 0. The lowest BCUT2D eigenvalue weighted by atomic mass is 9.93. The smallest absolute Gasteiger partial charge is 0.0971 e. The zero-order chi connectivity index (χ0) is 32.3. The van der Waals surface area contributed by atoms with Crippen LogP contribution in [0.3, 0.4) is 0 Å². The minimum atomic E-state index is 0.944. The highest BCUT2D eigenvalue weighted by Gasteiger charge is 2.13. The highest BCUT2D eigenvalue weighted by molar-refractivity contribution is 7.26. The molecule has 0 spiro atoms. The molecule has 0 aliphatic carbocycles. The van der Waals surface area contributed by atoms with Crippen molar-refractivity contribution in [2.45, 2.75) is 0 Å². The Morgan fingerprint density at radius 3 is 1.57 bits per heavy atom. The second-order valence-electron chi connectivity index (χ2n) is 12.6. The highest BCUT2D eigenvalue weighted by atomic mass is 32.1. The third kappa shape index (κ3) is 4.62. The summed E-state index contributed by atoms with van der Waals surface area (Å²) in [4.78, 5) is 9.40. The van der Waals surface area contributed by atoms with E-state index in [-0.39, 0.29) is 0 Å². The molecule has 10 aromatic rings. The maximum atomic E-state index is 4.72. The Balaban J connectivity index is 0.963. The van der Waals surface area contributed by atoms with E-state index in [2.05, 4.69) is 163 Å². The highest BCUT2D eigenvalue weighted by Crippen LogP contribution is 2.40. The molecule has 0 radical (unpaired) electrons. The third-order valence-electron chi connectivity index (χ3n) is 9.79. The lowest BCUT2D eigenvalue weighted by Crippen LogP contribution is -1.89. The molecule has 0 amide bonds. The van der Waals surface area contributed by atoms with Crippen molar-refractivity contribution >= 4 is 64.1 Å². The Kier molecular flexibility index (Phi) is 6.39. The average Bonchev–Trinajstić information content (AvgIpc) is 3.57. The van der Waals surface area contributed by atoms with Gasteiger partial charge in [-0.1, -0.05) is 140 Å². The van der Waals surface area contributed by atoms with Gasteiger partial charge in [-0.2, -0.15) is 0 Å². The van der Waals surface area contributed by atoms with Crippen LogP contribution in [0.5, 0.6) is 0 Å². The number of rotatable bonds is 4. The van der Waals surface area contributed by atoms with Crippen LogP contribution in [0.1, 0.15) is 0 Å². The van der Waals surface area contributed by atoms with Crippen LogP contribution in [-0.2, 0) is 0 Å². The van der Waals surface area contributed by atoms with E-state index in [1.165, 1.54) is 75.5 Å². The van der Waals surface area contributed by atoms with Gasteiger partial charge in [0.2, 0.25) is 0 Å². The summed E-state index contributed by atoms with van der Waals surface area (Å²) in [5, 5.41) is 7.32. The SMILES string of the molecule is c1cc(-c2ccc(-c3ccc(-c4cccc5c4sc4ccccc45)cc3)cc2)cc(-c2ccc3c(c2)c2ccccc2c2nccnc32)c1. The molecule has 2 heterocycles. The van der Waals surface area contributed by atoms with E-state index in [1.54, 1.807) is 12.4 Å². The fraction of sp³-hybridized carbons (Fsp3) is 0. The Morgan fingerprint density at radius 2 is 0.837 bits per heavy atom. The number of hydrogen-bond acceptors (Lipinski definition) is 3. The predicted octanol–water partition coefficient (Wildman–Crippen LogP) is 13.0. The normalized spacial score (nSPS) is 11.7. The molecule has 2 nitrogen and oxygen atoms in total. The van der Waals surface area contributed by atoms with Crippen molar-refractivity contribution in [1.82, 2.24) is 9.97 Å². The molecule has 0 atom stereocenters. The average molecular weight is 641 g/mol. The van der Waals surface area contributed by atoms with Crippen LogP contribution in [0.15, 0.2) is 170 Å². The van der Waals surface area contributed by atoms with Crippen molar-refractivity contribution in [3.63, 3.8) is 0 Å². The topological polar surface area (TPSA) is 25.8 Å². The van der Waals surface area contributed by atoms with Gasteiger partial charge in [0.15, 0.2) is 0 Å². The molecule has 228 valence electrons. The summed E-state index contributed by atoms with van der Waals surface area (Å²) in [7, 11) is 0. The molecular weight excluding hydrogens is 613 g/mol. The molecule has 0 bridgehead atoms. The fourth-order valence-corrected chi connectivity index (χ4v) is 8.60. The van der Waals surface area contributed by atoms with E-state index in [4.69, 9.17) is 4.98 Å². The van der Waals surface area contributed by atoms with Crippen LogP contribution in [0, 0.1) is 0 Å². The molecule has 0 saturated carbocycles. The first kappa shape index (κ1) is 27.9. The van der Waals surface area contributed by atoms with Gasteiger partial charge < -0.3 is 0 Å². The van der Waals surface area contributed by atoms with Gasteiger partial charge in [-0.05, 0) is 73.5 Å². The standard InChI is InChI=1S/C46H28N2S/c1-2-11-39-37(9-1)42-28-35(23-24-40(42)45-44(39)47-25-26-48-45)34-8-5-7-33(27-34)31-17-15-29(16-18-31)30-19-21-32(22-20-30)36-12-6-13-41-38-10-3-4-14-43(38)49-46(36)41/h1-28H. The molecule has 0 unspecified atom stereocenters. The minimum Gasteiger partial charge on any atom is -0.252 e. The molecule has 0 fully saturated rings. The van der Waals surface area contributed by atoms with E-state index in [0.717, 1.165) is 21.8 Å². The summed E-state index contributed by atoms with van der Waals surface area (Å²) in [5.41, 5.74) is 11.6.